The van der Waals surface area contributed by atoms with Crippen LogP contribution in [0.4, 0.5) is 4.39 Å². The van der Waals surface area contributed by atoms with Crippen LogP contribution in [-0.2, 0) is 6.54 Å². The number of hydrogen-bond donors (Lipinski definition) is 0. The van der Waals surface area contributed by atoms with Crippen molar-refractivity contribution in [3.05, 3.63) is 54.0 Å². The average molecular weight is 345 g/mol. The second kappa shape index (κ2) is 7.21. The summed E-state index contributed by atoms with van der Waals surface area (Å²) in [5.74, 6) is 1.68. The molecule has 6 heteroatoms. The lowest BCUT2D eigenvalue weighted by Crippen LogP contribution is -2.08. The molecular weight excluding hydrogens is 325 g/mol. The predicted octanol–water partition coefficient (Wildman–Crippen LogP) is 5.19. The van der Waals surface area contributed by atoms with Crippen molar-refractivity contribution in [3.63, 3.8) is 0 Å². The van der Waals surface area contributed by atoms with Crippen LogP contribution in [0.1, 0.15) is 31.6 Å². The van der Waals surface area contributed by atoms with Crippen LogP contribution in [-0.4, -0.2) is 14.8 Å². The Morgan fingerprint density at radius 2 is 1.88 bits per heavy atom. The molecule has 4 nitrogen and oxygen atoms in total. The average Bonchev–Trinajstić information content (AvgIpc) is 3.18. The molecule has 1 atom stereocenters. The van der Waals surface area contributed by atoms with E-state index in [9.17, 15) is 4.39 Å². The van der Waals surface area contributed by atoms with E-state index >= 15 is 0 Å². The first-order valence-corrected chi connectivity index (χ1v) is 8.81. The molecular formula is C18H20FN3OS. The minimum atomic E-state index is -0.223. The zero-order valence-corrected chi connectivity index (χ0v) is 14.8. The topological polar surface area (TPSA) is 43.9 Å². The Bertz CT molecular complexity index is 781. The van der Waals surface area contributed by atoms with Crippen molar-refractivity contribution in [1.82, 2.24) is 14.8 Å². The number of thioether (sulfide) groups is 1. The van der Waals surface area contributed by atoms with Gasteiger partial charge in [-0.3, -0.25) is 4.57 Å². The van der Waals surface area contributed by atoms with Gasteiger partial charge in [-0.2, -0.15) is 0 Å². The highest BCUT2D eigenvalue weighted by atomic mass is 32.2. The van der Waals surface area contributed by atoms with E-state index in [1.807, 2.05) is 24.3 Å². The fourth-order valence-corrected chi connectivity index (χ4v) is 3.44. The van der Waals surface area contributed by atoms with Crippen LogP contribution < -0.4 is 0 Å². The highest BCUT2D eigenvalue weighted by Gasteiger charge is 2.19. The SMILES string of the molecule is CC(C)Cn1c(SC(C)c2ccc(F)cc2)nnc1-c1ccco1. The normalized spacial score (nSPS) is 12.7. The number of hydrogen-bond acceptors (Lipinski definition) is 4. The number of rotatable bonds is 6. The molecule has 2 aromatic heterocycles. The third-order valence-electron chi connectivity index (χ3n) is 3.63. The molecule has 0 saturated carbocycles. The molecule has 0 spiro atoms. The molecule has 0 amide bonds. The van der Waals surface area contributed by atoms with Gasteiger partial charge in [-0.05, 0) is 42.7 Å². The summed E-state index contributed by atoms with van der Waals surface area (Å²) in [6.07, 6.45) is 1.64. The quantitative estimate of drug-likeness (QED) is 0.577. The van der Waals surface area contributed by atoms with Crippen LogP contribution in [0.3, 0.4) is 0 Å². The zero-order valence-electron chi connectivity index (χ0n) is 13.9. The largest absolute Gasteiger partial charge is 0.461 e. The Kier molecular flexibility index (Phi) is 5.04. The van der Waals surface area contributed by atoms with Gasteiger partial charge in [0.2, 0.25) is 0 Å². The summed E-state index contributed by atoms with van der Waals surface area (Å²) in [4.78, 5) is 0. The molecule has 0 N–H and O–H groups in total. The van der Waals surface area contributed by atoms with E-state index in [1.54, 1.807) is 18.0 Å². The first kappa shape index (κ1) is 16.8. The summed E-state index contributed by atoms with van der Waals surface area (Å²) in [5, 5.41) is 9.64. The smallest absolute Gasteiger partial charge is 0.200 e. The summed E-state index contributed by atoms with van der Waals surface area (Å²) < 4.78 is 20.7. The molecule has 0 aliphatic carbocycles. The summed E-state index contributed by atoms with van der Waals surface area (Å²) in [6.45, 7) is 7.20. The monoisotopic (exact) mass is 345 g/mol. The number of aromatic nitrogens is 3. The molecule has 3 rings (SSSR count). The van der Waals surface area contributed by atoms with Gasteiger partial charge < -0.3 is 4.42 Å². The Balaban J connectivity index is 1.88. The Morgan fingerprint density at radius 3 is 2.50 bits per heavy atom. The molecule has 1 aromatic carbocycles. The van der Waals surface area contributed by atoms with Gasteiger partial charge in [0, 0.05) is 11.8 Å². The van der Waals surface area contributed by atoms with Crippen molar-refractivity contribution < 1.29 is 8.81 Å². The highest BCUT2D eigenvalue weighted by Crippen LogP contribution is 2.35. The van der Waals surface area contributed by atoms with Crippen molar-refractivity contribution in [2.75, 3.05) is 0 Å². The van der Waals surface area contributed by atoms with E-state index in [-0.39, 0.29) is 11.1 Å². The maximum Gasteiger partial charge on any atom is 0.200 e. The lowest BCUT2D eigenvalue weighted by molar-refractivity contribution is 0.489. The summed E-state index contributed by atoms with van der Waals surface area (Å²) in [7, 11) is 0. The summed E-state index contributed by atoms with van der Waals surface area (Å²) in [6, 6.07) is 10.3. The molecule has 0 radical (unpaired) electrons. The van der Waals surface area contributed by atoms with Gasteiger partial charge >= 0.3 is 0 Å². The Morgan fingerprint density at radius 1 is 1.12 bits per heavy atom. The first-order chi connectivity index (χ1) is 11.5. The minimum Gasteiger partial charge on any atom is -0.461 e. The molecule has 0 aliphatic heterocycles. The fourth-order valence-electron chi connectivity index (χ4n) is 2.45. The van der Waals surface area contributed by atoms with Crippen LogP contribution in [0.2, 0.25) is 0 Å². The van der Waals surface area contributed by atoms with E-state index in [1.165, 1.54) is 12.1 Å². The molecule has 2 heterocycles. The number of halogens is 1. The van der Waals surface area contributed by atoms with Crippen molar-refractivity contribution in [3.8, 4) is 11.6 Å². The third-order valence-corrected chi connectivity index (χ3v) is 4.77. The molecule has 126 valence electrons. The van der Waals surface area contributed by atoms with Crippen LogP contribution >= 0.6 is 11.8 Å². The van der Waals surface area contributed by atoms with Gasteiger partial charge in [0.1, 0.15) is 5.82 Å². The Labute approximate surface area is 145 Å². The molecule has 0 fully saturated rings. The van der Waals surface area contributed by atoms with Gasteiger partial charge in [-0.25, -0.2) is 4.39 Å². The van der Waals surface area contributed by atoms with Crippen molar-refractivity contribution in [1.29, 1.82) is 0 Å². The van der Waals surface area contributed by atoms with Gasteiger partial charge in [0.25, 0.3) is 0 Å². The maximum atomic E-state index is 13.1. The van der Waals surface area contributed by atoms with E-state index in [0.29, 0.717) is 11.7 Å². The lowest BCUT2D eigenvalue weighted by atomic mass is 10.2. The van der Waals surface area contributed by atoms with Crippen molar-refractivity contribution >= 4 is 11.8 Å². The predicted molar refractivity (Wildman–Crippen MR) is 93.2 cm³/mol. The van der Waals surface area contributed by atoms with E-state index in [2.05, 4.69) is 35.5 Å². The molecule has 24 heavy (non-hydrogen) atoms. The first-order valence-electron chi connectivity index (χ1n) is 7.93. The van der Waals surface area contributed by atoms with E-state index in [0.717, 1.165) is 23.1 Å². The molecule has 0 saturated heterocycles. The second-order valence-electron chi connectivity index (χ2n) is 6.10. The molecule has 1 unspecified atom stereocenters. The van der Waals surface area contributed by atoms with Gasteiger partial charge in [0.05, 0.1) is 6.26 Å². The van der Waals surface area contributed by atoms with E-state index in [4.69, 9.17) is 4.42 Å². The summed E-state index contributed by atoms with van der Waals surface area (Å²) >= 11 is 1.61. The fraction of sp³-hybridized carbons (Fsp3) is 0.333. The van der Waals surface area contributed by atoms with Crippen LogP contribution in [0, 0.1) is 11.7 Å². The number of nitrogens with zero attached hydrogens (tertiary/aromatic N) is 3. The minimum absolute atomic E-state index is 0.144. The van der Waals surface area contributed by atoms with Crippen LogP contribution in [0.5, 0.6) is 0 Å². The standard InChI is InChI=1S/C18H20FN3OS/c1-12(2)11-22-17(16-5-4-10-23-16)20-21-18(22)24-13(3)14-6-8-15(19)9-7-14/h4-10,12-13H,11H2,1-3H3. The van der Waals surface area contributed by atoms with Gasteiger partial charge in [-0.1, -0.05) is 37.7 Å². The van der Waals surface area contributed by atoms with Crippen LogP contribution in [0.25, 0.3) is 11.6 Å². The van der Waals surface area contributed by atoms with Gasteiger partial charge in [0.15, 0.2) is 16.7 Å². The lowest BCUT2D eigenvalue weighted by Gasteiger charge is -2.14. The second-order valence-corrected chi connectivity index (χ2v) is 7.41. The number of furan rings is 1. The maximum absolute atomic E-state index is 13.1. The number of benzene rings is 1. The highest BCUT2D eigenvalue weighted by molar-refractivity contribution is 7.99. The van der Waals surface area contributed by atoms with Gasteiger partial charge in [-0.15, -0.1) is 10.2 Å². The zero-order chi connectivity index (χ0) is 17.1. The Hall–Kier alpha value is -2.08. The van der Waals surface area contributed by atoms with Crippen molar-refractivity contribution in [2.24, 2.45) is 5.92 Å². The summed E-state index contributed by atoms with van der Waals surface area (Å²) in [5.41, 5.74) is 1.06. The third kappa shape index (κ3) is 3.70. The molecule has 3 aromatic rings. The molecule has 0 aliphatic rings. The molecule has 0 bridgehead atoms. The van der Waals surface area contributed by atoms with E-state index < -0.39 is 0 Å². The van der Waals surface area contributed by atoms with Crippen LogP contribution in [0.15, 0.2) is 52.2 Å². The van der Waals surface area contributed by atoms with Crippen molar-refractivity contribution in [2.45, 2.75) is 37.7 Å².